The maximum Gasteiger partial charge on any atom is 0.311 e. The van der Waals surface area contributed by atoms with E-state index in [4.69, 9.17) is 4.74 Å². The summed E-state index contributed by atoms with van der Waals surface area (Å²) in [7, 11) is 0. The number of ether oxygens (including phenoxy) is 1. The first kappa shape index (κ1) is 19.5. The van der Waals surface area contributed by atoms with Crippen LogP contribution < -0.4 is 5.32 Å². The molecule has 5 nitrogen and oxygen atoms in total. The molecule has 1 heterocycles. The van der Waals surface area contributed by atoms with E-state index >= 15 is 0 Å². The van der Waals surface area contributed by atoms with Crippen molar-refractivity contribution in [1.29, 1.82) is 0 Å². The van der Waals surface area contributed by atoms with Crippen LogP contribution in [0.2, 0.25) is 0 Å². The third-order valence-corrected chi connectivity index (χ3v) is 7.46. The third-order valence-electron chi connectivity index (χ3n) is 7.46. The molecule has 1 saturated carbocycles. The Morgan fingerprint density at radius 1 is 1.29 bits per heavy atom. The number of fused-ring (bicyclic) bond motifs is 2. The second-order valence-corrected chi connectivity index (χ2v) is 8.92. The largest absolute Gasteiger partial charge is 0.508 e. The minimum absolute atomic E-state index is 0.142. The van der Waals surface area contributed by atoms with Gasteiger partial charge in [0.25, 0.3) is 0 Å². The molecule has 0 bridgehead atoms. The molecule has 4 rings (SSSR count). The Morgan fingerprint density at radius 3 is 2.79 bits per heavy atom. The molecule has 0 spiro atoms. The summed E-state index contributed by atoms with van der Waals surface area (Å²) in [5.74, 6) is 0.0502. The van der Waals surface area contributed by atoms with Gasteiger partial charge in [0.2, 0.25) is 0 Å². The van der Waals surface area contributed by atoms with Crippen LogP contribution in [0.5, 0.6) is 5.75 Å². The van der Waals surface area contributed by atoms with Gasteiger partial charge in [-0.05, 0) is 49.4 Å². The quantitative estimate of drug-likeness (QED) is 0.413. The zero-order valence-electron chi connectivity index (χ0n) is 16.7. The van der Waals surface area contributed by atoms with Crippen molar-refractivity contribution < 1.29 is 19.7 Å². The van der Waals surface area contributed by atoms with Gasteiger partial charge in [0, 0.05) is 24.3 Å². The molecule has 0 aromatic heterocycles. The van der Waals surface area contributed by atoms with E-state index in [9.17, 15) is 15.0 Å². The summed E-state index contributed by atoms with van der Waals surface area (Å²) in [5, 5.41) is 24.1. The fourth-order valence-electron chi connectivity index (χ4n) is 5.45. The number of benzene rings is 1. The van der Waals surface area contributed by atoms with Gasteiger partial charge in [-0.25, -0.2) is 0 Å². The average molecular weight is 386 g/mol. The molecule has 1 saturated heterocycles. The average Bonchev–Trinajstić information content (AvgIpc) is 2.98. The summed E-state index contributed by atoms with van der Waals surface area (Å²) in [6, 6.07) is 7.18. The number of phenols is 1. The molecule has 1 aromatic rings. The highest BCUT2D eigenvalue weighted by molar-refractivity contribution is 5.76. The van der Waals surface area contributed by atoms with Crippen molar-refractivity contribution >= 4 is 5.97 Å². The SMILES string of the molecule is CC1CCC=C2CC3OC(=O)C(CNCCc4ccc(O)cc4)C3C(O)C21C. The number of rotatable bonds is 5. The Hall–Kier alpha value is -1.85. The predicted octanol–water partition coefficient (Wildman–Crippen LogP) is 2.81. The molecule has 5 heteroatoms. The lowest BCUT2D eigenvalue weighted by atomic mass is 9.55. The van der Waals surface area contributed by atoms with E-state index in [1.165, 1.54) is 5.57 Å². The Morgan fingerprint density at radius 2 is 2.04 bits per heavy atom. The monoisotopic (exact) mass is 385 g/mol. The summed E-state index contributed by atoms with van der Waals surface area (Å²) in [6.07, 6.45) is 5.22. The number of aliphatic hydroxyl groups is 1. The van der Waals surface area contributed by atoms with E-state index in [0.29, 0.717) is 12.5 Å². The zero-order valence-corrected chi connectivity index (χ0v) is 16.7. The van der Waals surface area contributed by atoms with Crippen LogP contribution in [0.15, 0.2) is 35.9 Å². The van der Waals surface area contributed by atoms with Crippen molar-refractivity contribution in [3.05, 3.63) is 41.5 Å². The number of carbonyl (C=O) groups excluding carboxylic acids is 1. The highest BCUT2D eigenvalue weighted by Gasteiger charge is 2.59. The fourth-order valence-corrected chi connectivity index (χ4v) is 5.45. The number of aromatic hydroxyl groups is 1. The molecule has 152 valence electrons. The first-order chi connectivity index (χ1) is 13.4. The Bertz CT molecular complexity index is 758. The first-order valence-electron chi connectivity index (χ1n) is 10.5. The van der Waals surface area contributed by atoms with Crippen LogP contribution in [0.25, 0.3) is 0 Å². The van der Waals surface area contributed by atoms with Crippen molar-refractivity contribution in [2.75, 3.05) is 13.1 Å². The lowest BCUT2D eigenvalue weighted by molar-refractivity contribution is -0.144. The number of nitrogens with one attached hydrogen (secondary N) is 1. The zero-order chi connectivity index (χ0) is 19.9. The van der Waals surface area contributed by atoms with Crippen LogP contribution in [0.4, 0.5) is 0 Å². The van der Waals surface area contributed by atoms with Crippen molar-refractivity contribution in [3.63, 3.8) is 0 Å². The lowest BCUT2D eigenvalue weighted by Crippen LogP contribution is -2.54. The molecule has 3 aliphatic rings. The molecule has 1 aromatic carbocycles. The van der Waals surface area contributed by atoms with Crippen molar-refractivity contribution in [3.8, 4) is 5.75 Å². The van der Waals surface area contributed by atoms with E-state index in [0.717, 1.165) is 37.8 Å². The second-order valence-electron chi connectivity index (χ2n) is 8.92. The second kappa shape index (κ2) is 7.53. The van der Waals surface area contributed by atoms with Gasteiger partial charge in [-0.1, -0.05) is 37.6 Å². The Balaban J connectivity index is 1.41. The van der Waals surface area contributed by atoms with Gasteiger partial charge in [0.1, 0.15) is 11.9 Å². The summed E-state index contributed by atoms with van der Waals surface area (Å²) >= 11 is 0. The number of aliphatic hydroxyl groups excluding tert-OH is 1. The number of carbonyl (C=O) groups is 1. The standard InChI is InChI=1S/C23H31NO4/c1-14-4-3-5-16-12-19-20(21(26)23(14,16)2)18(22(27)28-19)13-24-11-10-15-6-8-17(25)9-7-15/h5-9,14,18-21,24-26H,3-4,10-13H2,1-2H3. The number of phenolic OH excluding ortho intramolecular Hbond substituents is 1. The first-order valence-corrected chi connectivity index (χ1v) is 10.5. The summed E-state index contributed by atoms with van der Waals surface area (Å²) in [5.41, 5.74) is 2.15. The Labute approximate surface area is 166 Å². The number of hydrogen-bond donors (Lipinski definition) is 3. The third kappa shape index (κ3) is 3.25. The molecule has 3 N–H and O–H groups in total. The molecule has 0 amide bonds. The number of esters is 1. The van der Waals surface area contributed by atoms with E-state index < -0.39 is 6.10 Å². The van der Waals surface area contributed by atoms with E-state index in [1.54, 1.807) is 12.1 Å². The summed E-state index contributed by atoms with van der Waals surface area (Å²) in [4.78, 5) is 12.6. The minimum Gasteiger partial charge on any atom is -0.508 e. The van der Waals surface area contributed by atoms with Gasteiger partial charge in [-0.2, -0.15) is 0 Å². The van der Waals surface area contributed by atoms with Gasteiger partial charge in [-0.15, -0.1) is 0 Å². The molecular weight excluding hydrogens is 354 g/mol. The van der Waals surface area contributed by atoms with Crippen LogP contribution in [0.3, 0.4) is 0 Å². The van der Waals surface area contributed by atoms with Crippen LogP contribution in [-0.2, 0) is 16.0 Å². The molecule has 2 aliphatic carbocycles. The van der Waals surface area contributed by atoms with Crippen LogP contribution in [-0.4, -0.2) is 41.5 Å². The summed E-state index contributed by atoms with van der Waals surface area (Å²) < 4.78 is 5.70. The van der Waals surface area contributed by atoms with Gasteiger partial charge in [0.15, 0.2) is 0 Å². The van der Waals surface area contributed by atoms with E-state index in [2.05, 4.69) is 25.2 Å². The lowest BCUT2D eigenvalue weighted by Gasteiger charge is -2.51. The minimum atomic E-state index is -0.553. The van der Waals surface area contributed by atoms with Gasteiger partial charge in [-0.3, -0.25) is 4.79 Å². The van der Waals surface area contributed by atoms with Gasteiger partial charge < -0.3 is 20.3 Å². The predicted molar refractivity (Wildman–Crippen MR) is 107 cm³/mol. The van der Waals surface area contributed by atoms with Crippen molar-refractivity contribution in [2.24, 2.45) is 23.2 Å². The van der Waals surface area contributed by atoms with Gasteiger partial charge in [0.05, 0.1) is 12.0 Å². The highest BCUT2D eigenvalue weighted by Crippen LogP contribution is 2.55. The summed E-state index contributed by atoms with van der Waals surface area (Å²) in [6.45, 7) is 5.65. The van der Waals surface area contributed by atoms with E-state index in [1.807, 2.05) is 12.1 Å². The highest BCUT2D eigenvalue weighted by atomic mass is 16.6. The maximum absolute atomic E-state index is 12.6. The van der Waals surface area contributed by atoms with Crippen LogP contribution in [0, 0.1) is 23.2 Å². The van der Waals surface area contributed by atoms with Crippen molar-refractivity contribution in [1.82, 2.24) is 5.32 Å². The van der Waals surface area contributed by atoms with Crippen LogP contribution >= 0.6 is 0 Å². The molecule has 6 atom stereocenters. The molecule has 28 heavy (non-hydrogen) atoms. The smallest absolute Gasteiger partial charge is 0.311 e. The van der Waals surface area contributed by atoms with Crippen molar-refractivity contribution in [2.45, 2.75) is 51.7 Å². The normalized spacial score (nSPS) is 37.0. The number of hydrogen-bond acceptors (Lipinski definition) is 5. The van der Waals surface area contributed by atoms with Gasteiger partial charge >= 0.3 is 5.97 Å². The number of allylic oxidation sites excluding steroid dienone is 1. The maximum atomic E-state index is 12.6. The topological polar surface area (TPSA) is 78.8 Å². The van der Waals surface area contributed by atoms with Crippen LogP contribution in [0.1, 0.15) is 38.7 Å². The molecule has 6 unspecified atom stereocenters. The molecule has 2 fully saturated rings. The molecule has 1 aliphatic heterocycles. The fraction of sp³-hybridized carbons (Fsp3) is 0.609. The Kier molecular flexibility index (Phi) is 5.23. The van der Waals surface area contributed by atoms with E-state index in [-0.39, 0.29) is 35.1 Å². The molecular formula is C23H31NO4. The molecule has 0 radical (unpaired) electrons.